The smallest absolute Gasteiger partial charge is 0.412 e. The molecule has 136 valence electrons. The Kier molecular flexibility index (Phi) is 5.56. The van der Waals surface area contributed by atoms with Gasteiger partial charge in [0.05, 0.1) is 18.2 Å². The van der Waals surface area contributed by atoms with Gasteiger partial charge in [-0.15, -0.1) is 0 Å². The zero-order chi connectivity index (χ0) is 18.9. The molecule has 0 spiro atoms. The molecule has 1 rings (SSSR count). The lowest BCUT2D eigenvalue weighted by Gasteiger charge is -2.35. The second-order valence-electron chi connectivity index (χ2n) is 8.13. The van der Waals surface area contributed by atoms with Gasteiger partial charge in [0, 0.05) is 6.54 Å². The highest BCUT2D eigenvalue weighted by Gasteiger charge is 2.49. The van der Waals surface area contributed by atoms with Gasteiger partial charge in [-0.05, 0) is 55.4 Å². The van der Waals surface area contributed by atoms with E-state index in [2.05, 4.69) is 5.32 Å². The van der Waals surface area contributed by atoms with Crippen molar-refractivity contribution in [1.29, 1.82) is 5.26 Å². The van der Waals surface area contributed by atoms with Gasteiger partial charge in [0.1, 0.15) is 16.7 Å². The van der Waals surface area contributed by atoms with Crippen molar-refractivity contribution < 1.29 is 19.1 Å². The topological polar surface area (TPSA) is 91.7 Å². The van der Waals surface area contributed by atoms with E-state index in [-0.39, 0.29) is 24.6 Å². The Balaban J connectivity index is 2.92. The van der Waals surface area contributed by atoms with Crippen LogP contribution in [-0.2, 0) is 14.3 Å². The largest absolute Gasteiger partial charge is 0.444 e. The molecule has 0 radical (unpaired) electrons. The number of carbonyl (C=O) groups is 2. The first-order valence-corrected chi connectivity index (χ1v) is 8.11. The first kappa shape index (κ1) is 20.2. The fraction of sp³-hybridized carbons (Fsp3) is 0.824. The predicted octanol–water partition coefficient (Wildman–Crippen LogP) is 2.41. The summed E-state index contributed by atoms with van der Waals surface area (Å²) in [6, 6.07) is 1.58. The van der Waals surface area contributed by atoms with Crippen LogP contribution in [0.4, 0.5) is 4.79 Å². The van der Waals surface area contributed by atoms with E-state index >= 15 is 0 Å². The molecule has 2 amide bonds. The van der Waals surface area contributed by atoms with Crippen LogP contribution in [0, 0.1) is 16.7 Å². The van der Waals surface area contributed by atoms with Gasteiger partial charge < -0.3 is 14.8 Å². The van der Waals surface area contributed by atoms with Gasteiger partial charge in [-0.2, -0.15) is 5.26 Å². The molecule has 1 N–H and O–H groups in total. The van der Waals surface area contributed by atoms with Crippen molar-refractivity contribution in [1.82, 2.24) is 10.2 Å². The maximum Gasteiger partial charge on any atom is 0.412 e. The van der Waals surface area contributed by atoms with Crippen LogP contribution >= 0.6 is 0 Å². The Bertz CT molecular complexity index is 543. The second kappa shape index (κ2) is 6.60. The molecule has 2 atom stereocenters. The number of amides is 2. The van der Waals surface area contributed by atoms with Gasteiger partial charge in [0.25, 0.3) is 0 Å². The summed E-state index contributed by atoms with van der Waals surface area (Å²) in [5.41, 5.74) is -2.60. The lowest BCUT2D eigenvalue weighted by Crippen LogP contribution is -2.54. The first-order chi connectivity index (χ1) is 10.7. The van der Waals surface area contributed by atoms with Crippen molar-refractivity contribution >= 4 is 12.0 Å². The van der Waals surface area contributed by atoms with E-state index in [1.165, 1.54) is 4.90 Å². The number of nitriles is 1. The van der Waals surface area contributed by atoms with Gasteiger partial charge in [-0.1, -0.05) is 0 Å². The van der Waals surface area contributed by atoms with E-state index in [4.69, 9.17) is 14.7 Å². The van der Waals surface area contributed by atoms with Crippen LogP contribution in [0.3, 0.4) is 0 Å². The summed E-state index contributed by atoms with van der Waals surface area (Å²) in [7, 11) is 0. The second-order valence-corrected chi connectivity index (χ2v) is 8.13. The number of nitrogens with one attached hydrogen (secondary N) is 1. The monoisotopic (exact) mass is 339 g/mol. The first-order valence-electron chi connectivity index (χ1n) is 8.11. The van der Waals surface area contributed by atoms with Gasteiger partial charge in [-0.25, -0.2) is 4.79 Å². The number of nitrogens with zero attached hydrogens (tertiary/aromatic N) is 2. The average molecular weight is 339 g/mol. The molecule has 24 heavy (non-hydrogen) atoms. The molecular weight excluding hydrogens is 310 g/mol. The number of rotatable bonds is 3. The summed E-state index contributed by atoms with van der Waals surface area (Å²) in [5, 5.41) is 11.8. The summed E-state index contributed by atoms with van der Waals surface area (Å²) in [4.78, 5) is 26.2. The summed E-state index contributed by atoms with van der Waals surface area (Å²) < 4.78 is 11.3. The molecule has 1 heterocycles. The Morgan fingerprint density at radius 2 is 1.83 bits per heavy atom. The molecule has 1 saturated heterocycles. The summed E-state index contributed by atoms with van der Waals surface area (Å²) in [5.74, 6) is -0.383. The van der Waals surface area contributed by atoms with Crippen molar-refractivity contribution in [3.63, 3.8) is 0 Å². The van der Waals surface area contributed by atoms with E-state index in [1.54, 1.807) is 48.5 Å². The summed E-state index contributed by atoms with van der Waals surface area (Å²) in [6.45, 7) is 14.1. The van der Waals surface area contributed by atoms with Crippen molar-refractivity contribution in [3.8, 4) is 6.07 Å². The van der Waals surface area contributed by atoms with Crippen LogP contribution in [0.5, 0.6) is 0 Å². The molecule has 7 heteroatoms. The normalized spacial score (nSPS) is 23.5. The maximum absolute atomic E-state index is 12.6. The molecule has 7 nitrogen and oxygen atoms in total. The minimum absolute atomic E-state index is 0.188. The van der Waals surface area contributed by atoms with E-state index in [0.717, 1.165) is 0 Å². The molecule has 0 aromatic rings. The van der Waals surface area contributed by atoms with Crippen LogP contribution < -0.4 is 5.32 Å². The van der Waals surface area contributed by atoms with Crippen LogP contribution in [0.25, 0.3) is 0 Å². The van der Waals surface area contributed by atoms with Crippen molar-refractivity contribution in [2.75, 3.05) is 6.54 Å². The average Bonchev–Trinajstić information content (AvgIpc) is 2.62. The molecule has 0 bridgehead atoms. The minimum atomic E-state index is -1.13. The van der Waals surface area contributed by atoms with Crippen LogP contribution in [0.15, 0.2) is 0 Å². The summed E-state index contributed by atoms with van der Waals surface area (Å²) >= 11 is 0. The molecule has 0 saturated carbocycles. The molecule has 0 unspecified atom stereocenters. The molecule has 1 aliphatic rings. The van der Waals surface area contributed by atoms with E-state index in [1.807, 2.05) is 13.0 Å². The Labute approximate surface area is 144 Å². The van der Waals surface area contributed by atoms with Gasteiger partial charge in [0.15, 0.2) is 0 Å². The van der Waals surface area contributed by atoms with Crippen LogP contribution in [0.1, 0.15) is 55.4 Å². The lowest BCUT2D eigenvalue weighted by molar-refractivity contribution is -0.127. The quantitative estimate of drug-likeness (QED) is 0.852. The van der Waals surface area contributed by atoms with Crippen molar-refractivity contribution in [2.24, 2.45) is 5.41 Å². The fourth-order valence-corrected chi connectivity index (χ4v) is 2.59. The predicted molar refractivity (Wildman–Crippen MR) is 88.9 cm³/mol. The SMILES string of the molecule is C[C@@H]1OC(C)(C)N(C(=O)OC(C)(C)C)[C@H]1CNC(=O)C(C)(C)C#N. The maximum atomic E-state index is 12.6. The van der Waals surface area contributed by atoms with E-state index in [9.17, 15) is 9.59 Å². The molecule has 0 aliphatic carbocycles. The van der Waals surface area contributed by atoms with Crippen molar-refractivity contribution in [3.05, 3.63) is 0 Å². The van der Waals surface area contributed by atoms with E-state index < -0.39 is 22.8 Å². The third-order valence-corrected chi connectivity index (χ3v) is 3.84. The Hall–Kier alpha value is -1.81. The Morgan fingerprint density at radius 1 is 1.29 bits per heavy atom. The highest BCUT2D eigenvalue weighted by Crippen LogP contribution is 2.33. The molecule has 0 aromatic carbocycles. The third kappa shape index (κ3) is 4.60. The van der Waals surface area contributed by atoms with Gasteiger partial charge >= 0.3 is 6.09 Å². The Morgan fingerprint density at radius 3 is 2.29 bits per heavy atom. The third-order valence-electron chi connectivity index (χ3n) is 3.84. The lowest BCUT2D eigenvalue weighted by atomic mass is 9.94. The minimum Gasteiger partial charge on any atom is -0.444 e. The summed E-state index contributed by atoms with van der Waals surface area (Å²) in [6.07, 6.45) is -0.770. The zero-order valence-electron chi connectivity index (χ0n) is 15.9. The van der Waals surface area contributed by atoms with Gasteiger partial charge in [0.2, 0.25) is 5.91 Å². The van der Waals surface area contributed by atoms with Crippen LogP contribution in [-0.4, -0.2) is 46.9 Å². The van der Waals surface area contributed by atoms with Crippen LogP contribution in [0.2, 0.25) is 0 Å². The molecular formula is C17H29N3O4. The highest BCUT2D eigenvalue weighted by atomic mass is 16.6. The number of carbonyl (C=O) groups excluding carboxylic acids is 2. The van der Waals surface area contributed by atoms with Gasteiger partial charge in [-0.3, -0.25) is 9.69 Å². The zero-order valence-corrected chi connectivity index (χ0v) is 15.9. The molecule has 1 aliphatic heterocycles. The van der Waals surface area contributed by atoms with E-state index in [0.29, 0.717) is 0 Å². The highest BCUT2D eigenvalue weighted by molar-refractivity contribution is 5.84. The number of hydrogen-bond donors (Lipinski definition) is 1. The fourth-order valence-electron chi connectivity index (χ4n) is 2.59. The number of hydrogen-bond acceptors (Lipinski definition) is 5. The molecule has 0 aromatic heterocycles. The molecule has 1 fully saturated rings. The van der Waals surface area contributed by atoms with Crippen molar-refractivity contribution in [2.45, 2.75) is 78.9 Å². The number of ether oxygens (including phenoxy) is 2. The standard InChI is InChI=1S/C17H29N3O4/c1-11-12(9-19-13(21)16(5,6)10-18)20(17(7,8)23-11)14(22)24-15(2,3)4/h11-12H,9H2,1-8H3,(H,19,21)/t11-,12-/m0/s1.